The van der Waals surface area contributed by atoms with Gasteiger partial charge < -0.3 is 4.90 Å². The average molecular weight is 367 g/mol. The molecule has 0 bridgehead atoms. The van der Waals surface area contributed by atoms with Crippen LogP contribution < -0.4 is 5.56 Å². The van der Waals surface area contributed by atoms with Crippen molar-refractivity contribution in [2.75, 3.05) is 20.6 Å². The first-order valence-electron chi connectivity index (χ1n) is 8.47. The highest BCUT2D eigenvalue weighted by atomic mass is 19.1. The van der Waals surface area contributed by atoms with Gasteiger partial charge in [-0.3, -0.25) is 9.36 Å². The van der Waals surface area contributed by atoms with Crippen molar-refractivity contribution in [1.82, 2.24) is 34.3 Å². The van der Waals surface area contributed by atoms with Crippen LogP contribution in [0.3, 0.4) is 0 Å². The number of aromatic nitrogens is 6. The van der Waals surface area contributed by atoms with Gasteiger partial charge in [-0.15, -0.1) is 10.2 Å². The normalized spacial score (nSPS) is 11.7. The predicted octanol–water partition coefficient (Wildman–Crippen LogP) is 1.51. The van der Waals surface area contributed by atoms with E-state index < -0.39 is 0 Å². The fourth-order valence-electron chi connectivity index (χ4n) is 2.99. The van der Waals surface area contributed by atoms with Crippen molar-refractivity contribution in [3.05, 3.63) is 52.5 Å². The van der Waals surface area contributed by atoms with Gasteiger partial charge in [-0.2, -0.15) is 9.61 Å². The van der Waals surface area contributed by atoms with Gasteiger partial charge in [0.25, 0.3) is 5.56 Å². The van der Waals surface area contributed by atoms with Crippen LogP contribution in [0.4, 0.5) is 4.39 Å². The van der Waals surface area contributed by atoms with Crippen LogP contribution in [-0.4, -0.2) is 54.9 Å². The minimum absolute atomic E-state index is 0.164. The topological polar surface area (TPSA) is 81.2 Å². The summed E-state index contributed by atoms with van der Waals surface area (Å²) in [6.45, 7) is 3.04. The van der Waals surface area contributed by atoms with Crippen molar-refractivity contribution in [1.29, 1.82) is 0 Å². The molecule has 0 unspecified atom stereocenters. The third-order valence-electron chi connectivity index (χ3n) is 4.40. The Hall–Kier alpha value is -3.20. The second-order valence-electron chi connectivity index (χ2n) is 6.62. The maximum Gasteiger partial charge on any atom is 0.283 e. The van der Waals surface area contributed by atoms with Gasteiger partial charge in [0.1, 0.15) is 12.1 Å². The smallest absolute Gasteiger partial charge is 0.283 e. The van der Waals surface area contributed by atoms with Crippen LogP contribution >= 0.6 is 0 Å². The number of fused-ring (bicyclic) bond motifs is 3. The molecule has 4 rings (SSSR count). The molecule has 4 aromatic rings. The molecule has 0 aliphatic heterocycles. The van der Waals surface area contributed by atoms with Crippen molar-refractivity contribution < 1.29 is 4.39 Å². The van der Waals surface area contributed by atoms with Crippen molar-refractivity contribution >= 4 is 16.8 Å². The molecular formula is C18H18FN7O. The number of rotatable bonds is 4. The molecule has 0 fully saturated rings. The fourth-order valence-corrected chi connectivity index (χ4v) is 2.99. The summed E-state index contributed by atoms with van der Waals surface area (Å²) in [7, 11) is 3.87. The van der Waals surface area contributed by atoms with Crippen molar-refractivity contribution in [3.63, 3.8) is 0 Å². The van der Waals surface area contributed by atoms with Crippen LogP contribution in [0, 0.1) is 12.7 Å². The molecule has 0 saturated heterocycles. The lowest BCUT2D eigenvalue weighted by molar-refractivity contribution is 0.380. The number of likely N-dealkylation sites (N-methyl/N-ethyl adjacent to an activating group) is 1. The van der Waals surface area contributed by atoms with Crippen LogP contribution in [-0.2, 0) is 6.54 Å². The molecule has 0 spiro atoms. The van der Waals surface area contributed by atoms with Crippen LogP contribution in [0.2, 0.25) is 0 Å². The van der Waals surface area contributed by atoms with E-state index in [0.29, 0.717) is 30.1 Å². The van der Waals surface area contributed by atoms with E-state index in [-0.39, 0.29) is 16.9 Å². The highest BCUT2D eigenvalue weighted by Gasteiger charge is 2.18. The minimum atomic E-state index is -0.315. The zero-order chi connectivity index (χ0) is 19.1. The van der Waals surface area contributed by atoms with Gasteiger partial charge in [0.2, 0.25) is 0 Å². The van der Waals surface area contributed by atoms with Crippen molar-refractivity contribution in [2.45, 2.75) is 13.5 Å². The van der Waals surface area contributed by atoms with E-state index in [1.807, 2.05) is 25.9 Å². The summed E-state index contributed by atoms with van der Waals surface area (Å²) in [6.07, 6.45) is 1.50. The van der Waals surface area contributed by atoms with E-state index in [2.05, 4.69) is 20.3 Å². The number of hydrogen-bond donors (Lipinski definition) is 0. The predicted molar refractivity (Wildman–Crippen MR) is 99.0 cm³/mol. The number of hydrogen-bond acceptors (Lipinski definition) is 6. The Morgan fingerprint density at radius 2 is 1.85 bits per heavy atom. The lowest BCUT2D eigenvalue weighted by Crippen LogP contribution is -2.28. The summed E-state index contributed by atoms with van der Waals surface area (Å²) in [5.74, 6) is -0.315. The number of nitrogens with zero attached hydrogens (tertiary/aromatic N) is 7. The molecule has 138 valence electrons. The first-order valence-corrected chi connectivity index (χ1v) is 8.47. The minimum Gasteiger partial charge on any atom is -0.308 e. The second kappa shape index (κ2) is 6.51. The van der Waals surface area contributed by atoms with E-state index in [1.54, 1.807) is 12.1 Å². The molecule has 0 amide bonds. The lowest BCUT2D eigenvalue weighted by Gasteiger charge is -2.11. The molecule has 0 saturated carbocycles. The quantitative estimate of drug-likeness (QED) is 0.544. The van der Waals surface area contributed by atoms with E-state index in [1.165, 1.54) is 27.5 Å². The van der Waals surface area contributed by atoms with Crippen LogP contribution in [0.25, 0.3) is 27.9 Å². The standard InChI is InChI=1S/C18H18FN7O/c1-11-14(12-4-6-13(19)7-5-12)16-22-21-15-17(26(16)23-11)20-10-25(18(15)27)9-8-24(2)3/h4-7,10H,8-9H2,1-3H3. The van der Waals surface area contributed by atoms with Gasteiger partial charge >= 0.3 is 0 Å². The molecule has 0 atom stereocenters. The SMILES string of the molecule is Cc1nn2c(nnc3c(=O)n(CCN(C)C)cnc32)c1-c1ccc(F)cc1. The summed E-state index contributed by atoms with van der Waals surface area (Å²) in [5.41, 5.74) is 2.94. The van der Waals surface area contributed by atoms with Gasteiger partial charge in [-0.1, -0.05) is 12.1 Å². The van der Waals surface area contributed by atoms with Crippen molar-refractivity contribution in [2.24, 2.45) is 0 Å². The van der Waals surface area contributed by atoms with Crippen LogP contribution in [0.15, 0.2) is 35.4 Å². The van der Waals surface area contributed by atoms with Gasteiger partial charge in [0, 0.05) is 13.1 Å². The highest BCUT2D eigenvalue weighted by Crippen LogP contribution is 2.27. The largest absolute Gasteiger partial charge is 0.308 e. The Morgan fingerprint density at radius 1 is 1.11 bits per heavy atom. The Balaban J connectivity index is 1.90. The molecular weight excluding hydrogens is 349 g/mol. The molecule has 0 radical (unpaired) electrons. The van der Waals surface area contributed by atoms with Gasteiger partial charge in [-0.05, 0) is 38.7 Å². The molecule has 8 nitrogen and oxygen atoms in total. The molecule has 0 aliphatic carbocycles. The Morgan fingerprint density at radius 3 is 2.56 bits per heavy atom. The molecule has 3 heterocycles. The van der Waals surface area contributed by atoms with E-state index >= 15 is 0 Å². The van der Waals surface area contributed by atoms with Gasteiger partial charge in [0.15, 0.2) is 16.8 Å². The molecule has 3 aromatic heterocycles. The van der Waals surface area contributed by atoms with Crippen LogP contribution in [0.5, 0.6) is 0 Å². The lowest BCUT2D eigenvalue weighted by atomic mass is 10.1. The molecule has 9 heteroatoms. The molecule has 0 N–H and O–H groups in total. The summed E-state index contributed by atoms with van der Waals surface area (Å²) in [5, 5.41) is 12.8. The number of benzene rings is 1. The molecule has 27 heavy (non-hydrogen) atoms. The summed E-state index contributed by atoms with van der Waals surface area (Å²) >= 11 is 0. The fraction of sp³-hybridized carbons (Fsp3) is 0.278. The van der Waals surface area contributed by atoms with E-state index in [0.717, 1.165) is 11.1 Å². The Labute approximate surface area is 153 Å². The second-order valence-corrected chi connectivity index (χ2v) is 6.62. The molecule has 0 aliphatic rings. The highest BCUT2D eigenvalue weighted by molar-refractivity contribution is 5.83. The number of aryl methyl sites for hydroxylation is 1. The van der Waals surface area contributed by atoms with Crippen LogP contribution in [0.1, 0.15) is 5.69 Å². The summed E-state index contributed by atoms with van der Waals surface area (Å²) in [4.78, 5) is 19.1. The zero-order valence-corrected chi connectivity index (χ0v) is 15.2. The maximum absolute atomic E-state index is 13.2. The maximum atomic E-state index is 13.2. The molecule has 1 aromatic carbocycles. The van der Waals surface area contributed by atoms with E-state index in [4.69, 9.17) is 0 Å². The third kappa shape index (κ3) is 2.95. The van der Waals surface area contributed by atoms with Gasteiger partial charge in [-0.25, -0.2) is 9.37 Å². The Kier molecular flexibility index (Phi) is 4.15. The Bertz CT molecular complexity index is 1190. The summed E-state index contributed by atoms with van der Waals surface area (Å²) < 4.78 is 16.3. The number of halogens is 1. The van der Waals surface area contributed by atoms with Gasteiger partial charge in [0.05, 0.1) is 11.3 Å². The first-order chi connectivity index (χ1) is 13.0. The van der Waals surface area contributed by atoms with E-state index in [9.17, 15) is 9.18 Å². The van der Waals surface area contributed by atoms with Crippen molar-refractivity contribution in [3.8, 4) is 11.1 Å². The zero-order valence-electron chi connectivity index (χ0n) is 15.2. The third-order valence-corrected chi connectivity index (χ3v) is 4.40. The summed E-state index contributed by atoms with van der Waals surface area (Å²) in [6, 6.07) is 6.10. The monoisotopic (exact) mass is 367 g/mol. The first kappa shape index (κ1) is 17.2. The average Bonchev–Trinajstić information content (AvgIpc) is 2.98.